The van der Waals surface area contributed by atoms with Crippen LogP contribution in [0, 0.1) is 3.57 Å². The second kappa shape index (κ2) is 4.30. The maximum Gasteiger partial charge on any atom is 0.137 e. The molecule has 1 rings (SSSR count). The van der Waals surface area contributed by atoms with Gasteiger partial charge in [0.05, 0.1) is 12.1 Å². The summed E-state index contributed by atoms with van der Waals surface area (Å²) in [6.45, 7) is 0.439. The number of hydrogen-bond acceptors (Lipinski definition) is 2. The number of rotatable bonds is 2. The van der Waals surface area contributed by atoms with Gasteiger partial charge < -0.3 is 10.5 Å². The molecule has 0 bridgehead atoms. The van der Waals surface area contributed by atoms with Crippen molar-refractivity contribution >= 4 is 34.2 Å². The van der Waals surface area contributed by atoms with Crippen molar-refractivity contribution in [1.29, 1.82) is 0 Å². The molecule has 0 saturated heterocycles. The molecule has 66 valence electrons. The standard InChI is InChI=1S/C8H9ClINO/c1-12-7-3-2-6(10)5(4-11)8(7)9/h2-3H,4,11H2,1H3. The molecule has 0 radical (unpaired) electrons. The number of halogens is 2. The van der Waals surface area contributed by atoms with Crippen LogP contribution in [0.25, 0.3) is 0 Å². The van der Waals surface area contributed by atoms with Crippen LogP contribution in [0.1, 0.15) is 5.56 Å². The molecule has 0 aliphatic rings. The Kier molecular flexibility index (Phi) is 3.61. The van der Waals surface area contributed by atoms with Crippen LogP contribution in [0.5, 0.6) is 5.75 Å². The minimum Gasteiger partial charge on any atom is -0.495 e. The first kappa shape index (κ1) is 10.1. The molecule has 4 heteroatoms. The molecule has 0 saturated carbocycles. The van der Waals surface area contributed by atoms with Gasteiger partial charge >= 0.3 is 0 Å². The van der Waals surface area contributed by atoms with Crippen LogP contribution in [0.4, 0.5) is 0 Å². The Hall–Kier alpha value is -0.000000000000000167. The Labute approximate surface area is 90.2 Å². The van der Waals surface area contributed by atoms with Crippen molar-refractivity contribution in [2.75, 3.05) is 7.11 Å². The van der Waals surface area contributed by atoms with Crippen molar-refractivity contribution in [3.63, 3.8) is 0 Å². The minimum atomic E-state index is 0.439. The number of benzene rings is 1. The van der Waals surface area contributed by atoms with E-state index in [1.165, 1.54) is 0 Å². The average molecular weight is 298 g/mol. The van der Waals surface area contributed by atoms with E-state index in [9.17, 15) is 0 Å². The Morgan fingerprint density at radius 3 is 2.75 bits per heavy atom. The van der Waals surface area contributed by atoms with Crippen LogP contribution in [0.2, 0.25) is 5.02 Å². The molecule has 0 heterocycles. The maximum atomic E-state index is 6.00. The molecule has 0 unspecified atom stereocenters. The van der Waals surface area contributed by atoms with Crippen molar-refractivity contribution in [2.24, 2.45) is 5.73 Å². The fraction of sp³-hybridized carbons (Fsp3) is 0.250. The lowest BCUT2D eigenvalue weighted by atomic mass is 10.2. The number of hydrogen-bond donors (Lipinski definition) is 1. The first-order chi connectivity index (χ1) is 5.70. The van der Waals surface area contributed by atoms with Gasteiger partial charge in [-0.2, -0.15) is 0 Å². The van der Waals surface area contributed by atoms with Crippen LogP contribution >= 0.6 is 34.2 Å². The summed E-state index contributed by atoms with van der Waals surface area (Å²) in [5.41, 5.74) is 6.47. The summed E-state index contributed by atoms with van der Waals surface area (Å²) < 4.78 is 6.12. The molecular weight excluding hydrogens is 288 g/mol. The Morgan fingerprint density at radius 1 is 1.58 bits per heavy atom. The van der Waals surface area contributed by atoms with Gasteiger partial charge in [0.25, 0.3) is 0 Å². The lowest BCUT2D eigenvalue weighted by Gasteiger charge is -2.08. The second-order valence-corrected chi connectivity index (χ2v) is 3.79. The van der Waals surface area contributed by atoms with E-state index in [2.05, 4.69) is 22.6 Å². The third kappa shape index (κ3) is 1.84. The highest BCUT2D eigenvalue weighted by Crippen LogP contribution is 2.30. The van der Waals surface area contributed by atoms with Crippen LogP contribution in [-0.4, -0.2) is 7.11 Å². The predicted molar refractivity (Wildman–Crippen MR) is 58.6 cm³/mol. The van der Waals surface area contributed by atoms with E-state index < -0.39 is 0 Å². The SMILES string of the molecule is COc1ccc(I)c(CN)c1Cl. The van der Waals surface area contributed by atoms with Gasteiger partial charge in [0.1, 0.15) is 5.75 Å². The zero-order chi connectivity index (χ0) is 9.14. The zero-order valence-corrected chi connectivity index (χ0v) is 9.52. The third-order valence-corrected chi connectivity index (χ3v) is 3.00. The van der Waals surface area contributed by atoms with Gasteiger partial charge in [-0.1, -0.05) is 11.6 Å². The molecule has 2 nitrogen and oxygen atoms in total. The van der Waals surface area contributed by atoms with Gasteiger partial charge in [0.2, 0.25) is 0 Å². The largest absolute Gasteiger partial charge is 0.495 e. The van der Waals surface area contributed by atoms with Crippen molar-refractivity contribution in [2.45, 2.75) is 6.54 Å². The van der Waals surface area contributed by atoms with E-state index in [0.717, 1.165) is 9.13 Å². The Morgan fingerprint density at radius 2 is 2.25 bits per heavy atom. The van der Waals surface area contributed by atoms with Gasteiger partial charge in [-0.15, -0.1) is 0 Å². The van der Waals surface area contributed by atoms with Crippen LogP contribution < -0.4 is 10.5 Å². The third-order valence-electron chi connectivity index (χ3n) is 1.57. The maximum absolute atomic E-state index is 6.00. The number of methoxy groups -OCH3 is 1. The summed E-state index contributed by atoms with van der Waals surface area (Å²) in [4.78, 5) is 0. The number of nitrogens with two attached hydrogens (primary N) is 1. The summed E-state index contributed by atoms with van der Waals surface area (Å²) in [6, 6.07) is 3.77. The summed E-state index contributed by atoms with van der Waals surface area (Å²) in [6.07, 6.45) is 0. The van der Waals surface area contributed by atoms with Crippen LogP contribution in [-0.2, 0) is 6.54 Å². The van der Waals surface area contributed by atoms with E-state index >= 15 is 0 Å². The molecule has 0 atom stereocenters. The molecule has 0 aliphatic heterocycles. The summed E-state index contributed by atoms with van der Waals surface area (Å²) >= 11 is 8.20. The van der Waals surface area contributed by atoms with E-state index in [1.54, 1.807) is 7.11 Å². The quantitative estimate of drug-likeness (QED) is 0.851. The zero-order valence-electron chi connectivity index (χ0n) is 6.60. The van der Waals surface area contributed by atoms with Gasteiger partial charge in [-0.05, 0) is 34.7 Å². The van der Waals surface area contributed by atoms with E-state index in [1.807, 2.05) is 12.1 Å². The smallest absolute Gasteiger partial charge is 0.137 e. The molecule has 2 N–H and O–H groups in total. The molecule has 1 aromatic rings. The van der Waals surface area contributed by atoms with E-state index in [0.29, 0.717) is 17.3 Å². The normalized spacial score (nSPS) is 10.0. The van der Waals surface area contributed by atoms with Crippen LogP contribution in [0.3, 0.4) is 0 Å². The van der Waals surface area contributed by atoms with Gasteiger partial charge in [-0.25, -0.2) is 0 Å². The average Bonchev–Trinajstić information content (AvgIpc) is 2.06. The summed E-state index contributed by atoms with van der Waals surface area (Å²) in [5, 5.41) is 0.618. The molecular formula is C8H9ClINO. The first-order valence-electron chi connectivity index (χ1n) is 3.41. The van der Waals surface area contributed by atoms with Gasteiger partial charge in [0, 0.05) is 15.7 Å². The van der Waals surface area contributed by atoms with Crippen molar-refractivity contribution in [3.8, 4) is 5.75 Å². The van der Waals surface area contributed by atoms with Crippen molar-refractivity contribution in [1.82, 2.24) is 0 Å². The van der Waals surface area contributed by atoms with Crippen molar-refractivity contribution in [3.05, 3.63) is 26.3 Å². The predicted octanol–water partition coefficient (Wildman–Crippen LogP) is 2.41. The highest BCUT2D eigenvalue weighted by atomic mass is 127. The van der Waals surface area contributed by atoms with E-state index in [-0.39, 0.29) is 0 Å². The van der Waals surface area contributed by atoms with Crippen LogP contribution in [0.15, 0.2) is 12.1 Å². The second-order valence-electron chi connectivity index (χ2n) is 2.25. The van der Waals surface area contributed by atoms with Crippen molar-refractivity contribution < 1.29 is 4.74 Å². The minimum absolute atomic E-state index is 0.439. The topological polar surface area (TPSA) is 35.2 Å². The highest BCUT2D eigenvalue weighted by molar-refractivity contribution is 14.1. The Balaban J connectivity index is 3.24. The van der Waals surface area contributed by atoms with Gasteiger partial charge in [-0.3, -0.25) is 0 Å². The molecule has 0 fully saturated rings. The number of ether oxygens (including phenoxy) is 1. The monoisotopic (exact) mass is 297 g/mol. The fourth-order valence-electron chi connectivity index (χ4n) is 0.921. The molecule has 1 aromatic carbocycles. The fourth-order valence-corrected chi connectivity index (χ4v) is 2.07. The molecule has 0 spiro atoms. The lowest BCUT2D eigenvalue weighted by molar-refractivity contribution is 0.414. The van der Waals surface area contributed by atoms with E-state index in [4.69, 9.17) is 22.1 Å². The summed E-state index contributed by atoms with van der Waals surface area (Å²) in [7, 11) is 1.59. The first-order valence-corrected chi connectivity index (χ1v) is 4.87. The molecule has 0 aliphatic carbocycles. The Bertz CT molecular complexity index is 291. The lowest BCUT2D eigenvalue weighted by Crippen LogP contribution is -2.01. The van der Waals surface area contributed by atoms with Gasteiger partial charge in [0.15, 0.2) is 0 Å². The summed E-state index contributed by atoms with van der Waals surface area (Å²) in [5.74, 6) is 0.678. The molecule has 0 aromatic heterocycles. The molecule has 12 heavy (non-hydrogen) atoms. The molecule has 0 amide bonds. The highest BCUT2D eigenvalue weighted by Gasteiger charge is 2.08.